The third-order valence-electron chi connectivity index (χ3n) is 12.5. The van der Waals surface area contributed by atoms with Crippen LogP contribution in [0.4, 0.5) is 0 Å². The largest absolute Gasteiger partial charge is 0.354 e. The minimum Gasteiger partial charge on any atom is -0.354 e. The molecule has 5 aromatic rings. The average molecular weight is 765 g/mol. The molecule has 0 spiro atoms. The Morgan fingerprint density at radius 3 is 1.53 bits per heavy atom. The lowest BCUT2D eigenvalue weighted by atomic mass is 9.93. The maximum absolute atomic E-state index is 12.6. The molecule has 6 nitrogen and oxygen atoms in total. The van der Waals surface area contributed by atoms with Gasteiger partial charge in [0.15, 0.2) is 11.6 Å². The standard InChI is InChI=1S/C52H52N4O2/c1-10-38-29(6)49-47(34-18-14-28(5)15-19-34)50-30(7)39(11-2)43(54-50)27-45-41(13-4)32(9)52(56-45)48(51-31(8)40(12-3)44(55-51)26-42(38)53-49)35-20-16-33(17-21-35)24-36-25-37(57)22-23-46(36)58/h14-23,25-27,55-56H,10-13,24H2,1-9H3. The summed E-state index contributed by atoms with van der Waals surface area (Å²) in [6.45, 7) is 19.9. The Hall–Kier alpha value is -6.14. The van der Waals surface area contributed by atoms with Crippen molar-refractivity contribution in [3.05, 3.63) is 141 Å². The lowest BCUT2D eigenvalue weighted by Gasteiger charge is -2.10. The second-order valence-corrected chi connectivity index (χ2v) is 15.9. The van der Waals surface area contributed by atoms with E-state index in [1.165, 1.54) is 68.3 Å². The third-order valence-corrected chi connectivity index (χ3v) is 12.5. The molecule has 2 aromatic carbocycles. The molecule has 292 valence electrons. The van der Waals surface area contributed by atoms with Crippen LogP contribution in [0.2, 0.25) is 0 Å². The van der Waals surface area contributed by atoms with Gasteiger partial charge in [-0.1, -0.05) is 81.8 Å². The number of nitrogens with one attached hydrogen (secondary N) is 2. The number of nitrogens with zero attached hydrogens (tertiary/aromatic N) is 2. The van der Waals surface area contributed by atoms with E-state index in [2.05, 4.69) is 133 Å². The molecule has 6 heteroatoms. The molecule has 0 fully saturated rings. The van der Waals surface area contributed by atoms with Crippen LogP contribution in [0.1, 0.15) is 111 Å². The van der Waals surface area contributed by atoms with Crippen LogP contribution in [-0.4, -0.2) is 31.5 Å². The van der Waals surface area contributed by atoms with Crippen molar-refractivity contribution in [2.24, 2.45) is 0 Å². The minimum absolute atomic E-state index is 0.115. The van der Waals surface area contributed by atoms with E-state index < -0.39 is 0 Å². The summed E-state index contributed by atoms with van der Waals surface area (Å²) in [6, 6.07) is 21.8. The number of benzene rings is 2. The molecule has 8 bridgehead atoms. The van der Waals surface area contributed by atoms with Gasteiger partial charge in [-0.25, -0.2) is 9.97 Å². The number of hydrogen-bond acceptors (Lipinski definition) is 4. The van der Waals surface area contributed by atoms with E-state index in [1.54, 1.807) is 0 Å². The van der Waals surface area contributed by atoms with E-state index in [9.17, 15) is 9.59 Å². The molecular weight excluding hydrogens is 713 g/mol. The molecule has 3 aliphatic rings. The summed E-state index contributed by atoms with van der Waals surface area (Å²) in [7, 11) is 0. The van der Waals surface area contributed by atoms with E-state index in [0.717, 1.165) is 98.3 Å². The highest BCUT2D eigenvalue weighted by Crippen LogP contribution is 2.44. The van der Waals surface area contributed by atoms with Crippen molar-refractivity contribution in [3.8, 4) is 22.3 Å². The van der Waals surface area contributed by atoms with Crippen LogP contribution >= 0.6 is 0 Å². The fraction of sp³-hybridized carbons (Fsp3) is 0.269. The second-order valence-electron chi connectivity index (χ2n) is 15.9. The normalized spacial score (nSPS) is 14.3. The number of carbonyl (C=O) groups is 2. The summed E-state index contributed by atoms with van der Waals surface area (Å²) in [5, 5.41) is 0. The first-order valence-corrected chi connectivity index (χ1v) is 20.8. The molecule has 2 N–H and O–H groups in total. The Balaban J connectivity index is 1.50. The number of rotatable bonds is 8. The van der Waals surface area contributed by atoms with Gasteiger partial charge in [0, 0.05) is 34.2 Å². The maximum atomic E-state index is 12.6. The average Bonchev–Trinajstić information content (AvgIpc) is 3.90. The molecule has 58 heavy (non-hydrogen) atoms. The van der Waals surface area contributed by atoms with Crippen LogP contribution in [0.5, 0.6) is 0 Å². The monoisotopic (exact) mass is 764 g/mol. The number of carbonyl (C=O) groups excluding carboxylic acids is 2. The van der Waals surface area contributed by atoms with Crippen LogP contribution in [0.15, 0.2) is 84.5 Å². The van der Waals surface area contributed by atoms with E-state index >= 15 is 0 Å². The Morgan fingerprint density at radius 1 is 0.569 bits per heavy atom. The molecule has 5 heterocycles. The number of H-pyrrole nitrogens is 2. The van der Waals surface area contributed by atoms with Gasteiger partial charge in [-0.2, -0.15) is 0 Å². The second kappa shape index (κ2) is 15.3. The quantitative estimate of drug-likeness (QED) is 0.154. The first-order chi connectivity index (χ1) is 28.0. The Labute approximate surface area is 341 Å². The summed E-state index contributed by atoms with van der Waals surface area (Å²) in [5.74, 6) is -0.263. The van der Waals surface area contributed by atoms with Crippen LogP contribution in [0.3, 0.4) is 0 Å². The van der Waals surface area contributed by atoms with Crippen LogP contribution in [0.25, 0.3) is 66.6 Å². The van der Waals surface area contributed by atoms with Crippen molar-refractivity contribution in [2.75, 3.05) is 0 Å². The highest BCUT2D eigenvalue weighted by Gasteiger charge is 2.27. The number of hydrogen-bond donors (Lipinski definition) is 2. The number of ketones is 2. The molecule has 0 amide bonds. The summed E-state index contributed by atoms with van der Waals surface area (Å²) in [6.07, 6.45) is 7.98. The minimum atomic E-state index is -0.149. The van der Waals surface area contributed by atoms with Gasteiger partial charge in [-0.05, 0) is 152 Å². The lowest BCUT2D eigenvalue weighted by Crippen LogP contribution is -2.09. The van der Waals surface area contributed by atoms with Gasteiger partial charge in [0.05, 0.1) is 33.8 Å². The predicted octanol–water partition coefficient (Wildman–Crippen LogP) is 12.6. The first kappa shape index (κ1) is 38.7. The number of aromatic amines is 2. The van der Waals surface area contributed by atoms with Crippen molar-refractivity contribution >= 4 is 55.9 Å². The molecule has 3 aromatic heterocycles. The topological polar surface area (TPSA) is 91.5 Å². The molecule has 0 atom stereocenters. The van der Waals surface area contributed by atoms with Crippen molar-refractivity contribution in [2.45, 2.75) is 94.4 Å². The molecule has 0 saturated carbocycles. The molecule has 0 unspecified atom stereocenters. The van der Waals surface area contributed by atoms with Gasteiger partial charge in [-0.3, -0.25) is 9.59 Å². The summed E-state index contributed by atoms with van der Waals surface area (Å²) in [4.78, 5) is 43.7. The highest BCUT2D eigenvalue weighted by atomic mass is 16.1. The molecule has 2 aliphatic heterocycles. The number of aromatic nitrogens is 4. The van der Waals surface area contributed by atoms with Crippen molar-refractivity contribution in [3.63, 3.8) is 0 Å². The van der Waals surface area contributed by atoms with Gasteiger partial charge in [0.2, 0.25) is 0 Å². The summed E-state index contributed by atoms with van der Waals surface area (Å²) < 4.78 is 0. The maximum Gasteiger partial charge on any atom is 0.182 e. The summed E-state index contributed by atoms with van der Waals surface area (Å²) in [5.41, 5.74) is 25.1. The number of aryl methyl sites for hydroxylation is 5. The Morgan fingerprint density at radius 2 is 1.05 bits per heavy atom. The SMILES string of the molecule is CCC1=C(C)c2nc1cc1[nH]c(c(C)c1CC)c(-c1ccc(CC3=CC(=O)C=CC3=O)cc1)c1[nH]c(cc3nc(c2-c2ccc(C)cc2)C(C)=C3CC)c(CC)c1C. The molecular formula is C52H52N4O2. The van der Waals surface area contributed by atoms with Crippen molar-refractivity contribution in [1.29, 1.82) is 0 Å². The highest BCUT2D eigenvalue weighted by molar-refractivity contribution is 6.17. The molecule has 8 rings (SSSR count). The van der Waals surface area contributed by atoms with Gasteiger partial charge >= 0.3 is 0 Å². The molecule has 1 aliphatic carbocycles. The van der Waals surface area contributed by atoms with Crippen LogP contribution in [-0.2, 0) is 28.9 Å². The van der Waals surface area contributed by atoms with Crippen molar-refractivity contribution in [1.82, 2.24) is 19.9 Å². The Bertz CT molecular complexity index is 2730. The van der Waals surface area contributed by atoms with Gasteiger partial charge in [0.1, 0.15) is 0 Å². The van der Waals surface area contributed by atoms with Gasteiger partial charge < -0.3 is 9.97 Å². The zero-order chi connectivity index (χ0) is 41.0. The fourth-order valence-corrected chi connectivity index (χ4v) is 9.30. The predicted molar refractivity (Wildman–Crippen MR) is 241 cm³/mol. The number of fused-ring (bicyclic) bond motifs is 8. The van der Waals surface area contributed by atoms with Gasteiger partial charge in [-0.15, -0.1) is 0 Å². The fourth-order valence-electron chi connectivity index (χ4n) is 9.30. The van der Waals surface area contributed by atoms with Crippen LogP contribution in [0, 0.1) is 20.8 Å². The van der Waals surface area contributed by atoms with E-state index in [1.807, 2.05) is 0 Å². The Kier molecular flexibility index (Phi) is 10.2. The smallest absolute Gasteiger partial charge is 0.182 e. The number of allylic oxidation sites excluding steroid dienone is 8. The van der Waals surface area contributed by atoms with Crippen LogP contribution < -0.4 is 0 Å². The molecule has 0 saturated heterocycles. The third kappa shape index (κ3) is 6.54. The van der Waals surface area contributed by atoms with E-state index in [0.29, 0.717) is 12.0 Å². The van der Waals surface area contributed by atoms with Crippen molar-refractivity contribution < 1.29 is 9.59 Å². The van der Waals surface area contributed by atoms with Gasteiger partial charge in [0.25, 0.3) is 0 Å². The first-order valence-electron chi connectivity index (χ1n) is 20.8. The van der Waals surface area contributed by atoms with E-state index in [4.69, 9.17) is 9.97 Å². The zero-order valence-electron chi connectivity index (χ0n) is 35.3. The lowest BCUT2D eigenvalue weighted by molar-refractivity contribution is -0.114. The molecule has 0 radical (unpaired) electrons. The summed E-state index contributed by atoms with van der Waals surface area (Å²) >= 11 is 0. The van der Waals surface area contributed by atoms with E-state index in [-0.39, 0.29) is 11.6 Å². The zero-order valence-corrected chi connectivity index (χ0v) is 35.3.